The van der Waals surface area contributed by atoms with Crippen LogP contribution in [-0.2, 0) is 6.42 Å². The Hall–Kier alpha value is -2.12. The van der Waals surface area contributed by atoms with Crippen molar-refractivity contribution in [3.8, 4) is 11.5 Å². The minimum absolute atomic E-state index is 0.151. The number of rotatable bonds is 5. The zero-order valence-electron chi connectivity index (χ0n) is 12.2. The summed E-state index contributed by atoms with van der Waals surface area (Å²) in [4.78, 5) is 16.5. The van der Waals surface area contributed by atoms with Crippen LogP contribution in [0, 0.1) is 0 Å². The smallest absolute Gasteiger partial charge is 0.271 e. The fourth-order valence-electron chi connectivity index (χ4n) is 2.19. The van der Waals surface area contributed by atoms with E-state index in [1.54, 1.807) is 5.38 Å². The van der Waals surface area contributed by atoms with Crippen molar-refractivity contribution in [1.29, 1.82) is 0 Å². The van der Waals surface area contributed by atoms with E-state index < -0.39 is 0 Å². The fraction of sp³-hybridized carbons (Fsp3) is 0.333. The number of fused-ring (bicyclic) bond motifs is 1. The Morgan fingerprint density at radius 3 is 3.09 bits per heavy atom. The molecule has 0 aliphatic carbocycles. The molecule has 116 valence electrons. The van der Waals surface area contributed by atoms with Crippen LogP contribution in [0.1, 0.15) is 34.0 Å². The van der Waals surface area contributed by atoms with Gasteiger partial charge < -0.3 is 20.5 Å². The maximum Gasteiger partial charge on any atom is 0.271 e. The molecule has 6 nitrogen and oxygen atoms in total. The van der Waals surface area contributed by atoms with Gasteiger partial charge in [0.1, 0.15) is 5.69 Å². The average molecular weight is 319 g/mol. The summed E-state index contributed by atoms with van der Waals surface area (Å²) in [5.41, 5.74) is 6.88. The number of carbonyl (C=O) groups excluding carboxylic acids is 1. The Balaban J connectivity index is 1.67. The molecule has 1 aliphatic heterocycles. The van der Waals surface area contributed by atoms with Gasteiger partial charge in [-0.25, -0.2) is 4.98 Å². The quantitative estimate of drug-likeness (QED) is 0.878. The molecule has 1 aromatic heterocycles. The summed E-state index contributed by atoms with van der Waals surface area (Å²) in [7, 11) is 0. The predicted molar refractivity (Wildman–Crippen MR) is 83.3 cm³/mol. The van der Waals surface area contributed by atoms with Gasteiger partial charge in [-0.3, -0.25) is 4.79 Å². The van der Waals surface area contributed by atoms with Gasteiger partial charge in [-0.15, -0.1) is 11.3 Å². The van der Waals surface area contributed by atoms with Crippen molar-refractivity contribution in [1.82, 2.24) is 10.3 Å². The van der Waals surface area contributed by atoms with E-state index in [1.807, 2.05) is 25.1 Å². The number of hydrogen-bond acceptors (Lipinski definition) is 6. The molecule has 1 amide bonds. The summed E-state index contributed by atoms with van der Waals surface area (Å²) in [5.74, 6) is 1.25. The molecule has 2 aromatic rings. The lowest BCUT2D eigenvalue weighted by Gasteiger charge is -2.14. The minimum Gasteiger partial charge on any atom is -0.454 e. The Kier molecular flexibility index (Phi) is 4.26. The van der Waals surface area contributed by atoms with Crippen molar-refractivity contribution in [2.75, 3.05) is 13.3 Å². The van der Waals surface area contributed by atoms with Crippen LogP contribution in [0.15, 0.2) is 23.6 Å². The third-order valence-corrected chi connectivity index (χ3v) is 4.30. The molecule has 0 fully saturated rings. The third-order valence-electron chi connectivity index (χ3n) is 3.39. The molecular weight excluding hydrogens is 302 g/mol. The largest absolute Gasteiger partial charge is 0.454 e. The standard InChI is InChI=1S/C15H17N3O3S/c1-9(10-2-3-12-13(6-10)21-8-20-12)17-15(19)11-7-22-14(18-11)4-5-16/h2-3,6-7,9H,4-5,8,16H2,1H3,(H,17,19). The summed E-state index contributed by atoms with van der Waals surface area (Å²) < 4.78 is 10.6. The lowest BCUT2D eigenvalue weighted by Crippen LogP contribution is -2.27. The van der Waals surface area contributed by atoms with Gasteiger partial charge in [0.05, 0.1) is 11.0 Å². The number of thiazole rings is 1. The molecule has 1 unspecified atom stereocenters. The second-order valence-corrected chi connectivity index (χ2v) is 5.92. The van der Waals surface area contributed by atoms with Gasteiger partial charge in [0, 0.05) is 11.8 Å². The SMILES string of the molecule is CC(NC(=O)c1csc(CCN)n1)c1ccc2c(c1)OCO2. The predicted octanol–water partition coefficient (Wildman–Crippen LogP) is 1.86. The average Bonchev–Trinajstić information content (AvgIpc) is 3.15. The van der Waals surface area contributed by atoms with E-state index in [0.29, 0.717) is 24.4 Å². The minimum atomic E-state index is -0.190. The van der Waals surface area contributed by atoms with Gasteiger partial charge in [-0.2, -0.15) is 0 Å². The molecule has 1 atom stereocenters. The molecule has 3 rings (SSSR count). The molecule has 0 saturated heterocycles. The molecule has 3 N–H and O–H groups in total. The third kappa shape index (κ3) is 3.05. The number of nitrogens with one attached hydrogen (secondary N) is 1. The number of carbonyl (C=O) groups is 1. The van der Waals surface area contributed by atoms with Crippen molar-refractivity contribution < 1.29 is 14.3 Å². The fourth-order valence-corrected chi connectivity index (χ4v) is 2.98. The Labute approximate surface area is 132 Å². The van der Waals surface area contributed by atoms with E-state index in [0.717, 1.165) is 16.3 Å². The van der Waals surface area contributed by atoms with Crippen molar-refractivity contribution in [3.63, 3.8) is 0 Å². The molecular formula is C15H17N3O3S. The van der Waals surface area contributed by atoms with E-state index in [4.69, 9.17) is 15.2 Å². The first-order chi connectivity index (χ1) is 10.7. The van der Waals surface area contributed by atoms with Gasteiger partial charge >= 0.3 is 0 Å². The Bertz CT molecular complexity index is 686. The number of amides is 1. The normalized spacial score (nSPS) is 13.9. The molecule has 7 heteroatoms. The summed E-state index contributed by atoms with van der Waals surface area (Å²) in [6.07, 6.45) is 0.690. The van der Waals surface area contributed by atoms with Crippen LogP contribution < -0.4 is 20.5 Å². The van der Waals surface area contributed by atoms with Gasteiger partial charge in [0.15, 0.2) is 11.5 Å². The maximum absolute atomic E-state index is 12.2. The Morgan fingerprint density at radius 2 is 2.27 bits per heavy atom. The van der Waals surface area contributed by atoms with Crippen LogP contribution in [0.5, 0.6) is 11.5 Å². The second kappa shape index (κ2) is 6.33. The maximum atomic E-state index is 12.2. The number of hydrogen-bond donors (Lipinski definition) is 2. The van der Waals surface area contributed by atoms with Crippen LogP contribution in [0.25, 0.3) is 0 Å². The first kappa shape index (κ1) is 14.8. The van der Waals surface area contributed by atoms with Gasteiger partial charge in [-0.1, -0.05) is 6.07 Å². The summed E-state index contributed by atoms with van der Waals surface area (Å²) in [6, 6.07) is 5.50. The van der Waals surface area contributed by atoms with Crippen LogP contribution in [-0.4, -0.2) is 24.2 Å². The van der Waals surface area contributed by atoms with E-state index in [9.17, 15) is 4.79 Å². The number of ether oxygens (including phenoxy) is 2. The summed E-state index contributed by atoms with van der Waals surface area (Å²) in [5, 5.41) is 5.57. The van der Waals surface area contributed by atoms with E-state index in [1.165, 1.54) is 11.3 Å². The monoisotopic (exact) mass is 319 g/mol. The molecule has 22 heavy (non-hydrogen) atoms. The van der Waals surface area contributed by atoms with Gasteiger partial charge in [0.2, 0.25) is 6.79 Å². The van der Waals surface area contributed by atoms with Crippen LogP contribution in [0.3, 0.4) is 0 Å². The second-order valence-electron chi connectivity index (χ2n) is 4.97. The first-order valence-electron chi connectivity index (χ1n) is 7.02. The molecule has 1 aromatic carbocycles. The Morgan fingerprint density at radius 1 is 1.45 bits per heavy atom. The zero-order chi connectivity index (χ0) is 15.5. The molecule has 0 spiro atoms. The van der Waals surface area contributed by atoms with E-state index in [2.05, 4.69) is 10.3 Å². The van der Waals surface area contributed by atoms with E-state index >= 15 is 0 Å². The van der Waals surface area contributed by atoms with Crippen molar-refractivity contribution in [3.05, 3.63) is 39.8 Å². The molecule has 0 saturated carbocycles. The lowest BCUT2D eigenvalue weighted by molar-refractivity contribution is 0.0935. The van der Waals surface area contributed by atoms with Gasteiger partial charge in [-0.05, 0) is 31.2 Å². The number of nitrogens with zero attached hydrogens (tertiary/aromatic N) is 1. The highest BCUT2D eigenvalue weighted by molar-refractivity contribution is 7.09. The van der Waals surface area contributed by atoms with E-state index in [-0.39, 0.29) is 18.7 Å². The number of aromatic nitrogens is 1. The highest BCUT2D eigenvalue weighted by Crippen LogP contribution is 2.34. The van der Waals surface area contributed by atoms with Crippen molar-refractivity contribution in [2.24, 2.45) is 5.73 Å². The lowest BCUT2D eigenvalue weighted by atomic mass is 10.1. The summed E-state index contributed by atoms with van der Waals surface area (Å²) >= 11 is 1.45. The van der Waals surface area contributed by atoms with Crippen LogP contribution in [0.4, 0.5) is 0 Å². The van der Waals surface area contributed by atoms with Crippen molar-refractivity contribution >= 4 is 17.2 Å². The molecule has 2 heterocycles. The molecule has 0 radical (unpaired) electrons. The van der Waals surface area contributed by atoms with Gasteiger partial charge in [0.25, 0.3) is 5.91 Å². The highest BCUT2D eigenvalue weighted by Gasteiger charge is 2.18. The highest BCUT2D eigenvalue weighted by atomic mass is 32.1. The molecule has 0 bridgehead atoms. The molecule has 1 aliphatic rings. The number of benzene rings is 1. The van der Waals surface area contributed by atoms with Crippen LogP contribution in [0.2, 0.25) is 0 Å². The number of nitrogens with two attached hydrogens (primary N) is 1. The topological polar surface area (TPSA) is 86.5 Å². The van der Waals surface area contributed by atoms with Crippen LogP contribution >= 0.6 is 11.3 Å². The first-order valence-corrected chi connectivity index (χ1v) is 7.90. The zero-order valence-corrected chi connectivity index (χ0v) is 13.0. The van der Waals surface area contributed by atoms with Crippen molar-refractivity contribution in [2.45, 2.75) is 19.4 Å². The summed E-state index contributed by atoms with van der Waals surface area (Å²) in [6.45, 7) is 2.69.